The maximum atomic E-state index is 13.1. The number of aromatic nitrogens is 3. The van der Waals surface area contributed by atoms with Crippen molar-refractivity contribution in [3.8, 4) is 5.75 Å². The zero-order chi connectivity index (χ0) is 20.8. The molecule has 0 spiro atoms. The summed E-state index contributed by atoms with van der Waals surface area (Å²) < 4.78 is 11.8. The predicted molar refractivity (Wildman–Crippen MR) is 106 cm³/mol. The zero-order valence-corrected chi connectivity index (χ0v) is 17.2. The van der Waals surface area contributed by atoms with Gasteiger partial charge in [-0.2, -0.15) is 0 Å². The third kappa shape index (κ3) is 5.04. The van der Waals surface area contributed by atoms with Gasteiger partial charge in [-0.25, -0.2) is 4.68 Å². The topological polar surface area (TPSA) is 98.6 Å². The molecular formula is C19H24ClN5O4. The number of methoxy groups -OCH3 is 2. The maximum absolute atomic E-state index is 13.1. The van der Waals surface area contributed by atoms with Gasteiger partial charge in [0.05, 0.1) is 38.1 Å². The first-order valence-electron chi connectivity index (χ1n) is 9.35. The van der Waals surface area contributed by atoms with Crippen molar-refractivity contribution in [2.75, 3.05) is 33.9 Å². The lowest BCUT2D eigenvalue weighted by Gasteiger charge is -2.25. The Morgan fingerprint density at radius 1 is 1.34 bits per heavy atom. The van der Waals surface area contributed by atoms with Gasteiger partial charge in [0.15, 0.2) is 5.69 Å². The number of carbonyl (C=O) groups excluding carboxylic acids is 2. The molecule has 1 atom stereocenters. The molecule has 1 unspecified atom stereocenters. The number of rotatable bonds is 8. The van der Waals surface area contributed by atoms with Crippen LogP contribution < -0.4 is 10.1 Å². The van der Waals surface area contributed by atoms with Crippen LogP contribution in [0.2, 0.25) is 5.02 Å². The number of likely N-dealkylation sites (tertiary alicyclic amines) is 1. The molecule has 1 aromatic heterocycles. The van der Waals surface area contributed by atoms with E-state index in [1.54, 1.807) is 36.2 Å². The van der Waals surface area contributed by atoms with Gasteiger partial charge < -0.3 is 19.7 Å². The molecule has 1 aromatic carbocycles. The minimum atomic E-state index is -0.307. The van der Waals surface area contributed by atoms with Crippen LogP contribution >= 0.6 is 11.6 Å². The van der Waals surface area contributed by atoms with E-state index in [1.165, 1.54) is 7.11 Å². The quantitative estimate of drug-likeness (QED) is 0.650. The van der Waals surface area contributed by atoms with Crippen molar-refractivity contribution in [2.24, 2.45) is 0 Å². The van der Waals surface area contributed by atoms with E-state index in [4.69, 9.17) is 21.1 Å². The summed E-state index contributed by atoms with van der Waals surface area (Å²) in [6.07, 6.45) is 3.33. The standard InChI is InChI=1S/C19H24ClN5O4/c1-28-9-7-21-18(26)16-12-24(23-22-16)11-14-4-3-8-25(14)19(27)15-6-5-13(20)10-17(15)29-2/h5-6,10,12,14H,3-4,7-9,11H2,1-2H3,(H,21,26). The van der Waals surface area contributed by atoms with Gasteiger partial charge in [0.2, 0.25) is 0 Å². The van der Waals surface area contributed by atoms with E-state index in [2.05, 4.69) is 15.6 Å². The molecule has 0 bridgehead atoms. The van der Waals surface area contributed by atoms with Crippen LogP contribution in [0.15, 0.2) is 24.4 Å². The summed E-state index contributed by atoms with van der Waals surface area (Å²) in [5.74, 6) is 0.0288. The van der Waals surface area contributed by atoms with Crippen LogP contribution in [0.3, 0.4) is 0 Å². The van der Waals surface area contributed by atoms with Crippen LogP contribution in [0.5, 0.6) is 5.75 Å². The minimum absolute atomic E-state index is 0.0472. The lowest BCUT2D eigenvalue weighted by Crippen LogP contribution is -2.38. The molecule has 3 rings (SSSR count). The molecular weight excluding hydrogens is 398 g/mol. The van der Waals surface area contributed by atoms with Gasteiger partial charge in [-0.3, -0.25) is 9.59 Å². The normalized spacial score (nSPS) is 16.1. The molecule has 1 N–H and O–H groups in total. The highest BCUT2D eigenvalue weighted by atomic mass is 35.5. The summed E-state index contributed by atoms with van der Waals surface area (Å²) in [6.45, 7) is 1.93. The molecule has 10 heteroatoms. The summed E-state index contributed by atoms with van der Waals surface area (Å²) >= 11 is 6.00. The van der Waals surface area contributed by atoms with E-state index in [0.717, 1.165) is 12.8 Å². The van der Waals surface area contributed by atoms with E-state index in [9.17, 15) is 9.59 Å². The molecule has 1 aliphatic heterocycles. The summed E-state index contributed by atoms with van der Waals surface area (Å²) in [4.78, 5) is 26.9. The van der Waals surface area contributed by atoms with Crippen molar-refractivity contribution in [1.29, 1.82) is 0 Å². The van der Waals surface area contributed by atoms with Crippen molar-refractivity contribution >= 4 is 23.4 Å². The Kier molecular flexibility index (Phi) is 7.05. The highest BCUT2D eigenvalue weighted by Gasteiger charge is 2.31. The van der Waals surface area contributed by atoms with Gasteiger partial charge in [-0.1, -0.05) is 16.8 Å². The summed E-state index contributed by atoms with van der Waals surface area (Å²) in [7, 11) is 3.08. The first-order valence-corrected chi connectivity index (χ1v) is 9.73. The second-order valence-electron chi connectivity index (χ2n) is 6.71. The highest BCUT2D eigenvalue weighted by Crippen LogP contribution is 2.28. The maximum Gasteiger partial charge on any atom is 0.273 e. The van der Waals surface area contributed by atoms with Crippen molar-refractivity contribution < 1.29 is 19.1 Å². The van der Waals surface area contributed by atoms with Crippen molar-refractivity contribution in [3.05, 3.63) is 40.7 Å². The number of hydrogen-bond donors (Lipinski definition) is 1. The molecule has 0 saturated carbocycles. The van der Waals surface area contributed by atoms with E-state index in [1.807, 2.05) is 4.90 Å². The van der Waals surface area contributed by atoms with Gasteiger partial charge >= 0.3 is 0 Å². The van der Waals surface area contributed by atoms with E-state index < -0.39 is 0 Å². The second-order valence-corrected chi connectivity index (χ2v) is 7.15. The first-order chi connectivity index (χ1) is 14.0. The summed E-state index contributed by atoms with van der Waals surface area (Å²) in [6, 6.07) is 4.94. The molecule has 1 saturated heterocycles. The Hall–Kier alpha value is -2.65. The van der Waals surface area contributed by atoms with Crippen LogP contribution in [0.4, 0.5) is 0 Å². The van der Waals surface area contributed by atoms with Crippen molar-refractivity contribution in [1.82, 2.24) is 25.2 Å². The van der Waals surface area contributed by atoms with Gasteiger partial charge in [-0.05, 0) is 31.0 Å². The minimum Gasteiger partial charge on any atom is -0.496 e. The molecule has 2 aromatic rings. The average molecular weight is 422 g/mol. The molecule has 2 amide bonds. The molecule has 0 aliphatic carbocycles. The zero-order valence-electron chi connectivity index (χ0n) is 16.4. The number of nitrogens with one attached hydrogen (secondary N) is 1. The highest BCUT2D eigenvalue weighted by molar-refractivity contribution is 6.30. The number of amides is 2. The number of ether oxygens (including phenoxy) is 2. The molecule has 156 valence electrons. The molecule has 29 heavy (non-hydrogen) atoms. The second kappa shape index (κ2) is 9.71. The Bertz CT molecular complexity index is 872. The SMILES string of the molecule is COCCNC(=O)c1cn(CC2CCCN2C(=O)c2ccc(Cl)cc2OC)nn1. The summed E-state index contributed by atoms with van der Waals surface area (Å²) in [5, 5.41) is 11.2. The molecule has 1 fully saturated rings. The van der Waals surface area contributed by atoms with Crippen LogP contribution in [0.1, 0.15) is 33.7 Å². The number of benzene rings is 1. The third-order valence-electron chi connectivity index (χ3n) is 4.79. The Morgan fingerprint density at radius 2 is 2.17 bits per heavy atom. The van der Waals surface area contributed by atoms with E-state index in [0.29, 0.717) is 42.6 Å². The monoisotopic (exact) mass is 421 g/mol. The number of nitrogens with zero attached hydrogens (tertiary/aromatic N) is 4. The first kappa shape index (κ1) is 21.1. The third-order valence-corrected chi connectivity index (χ3v) is 5.03. The lowest BCUT2D eigenvalue weighted by atomic mass is 10.1. The van der Waals surface area contributed by atoms with Crippen LogP contribution in [0, 0.1) is 0 Å². The smallest absolute Gasteiger partial charge is 0.273 e. The predicted octanol–water partition coefficient (Wildman–Crippen LogP) is 1.62. The van der Waals surface area contributed by atoms with Crippen molar-refractivity contribution in [2.45, 2.75) is 25.4 Å². The average Bonchev–Trinajstić information content (AvgIpc) is 3.37. The Labute approximate surface area is 173 Å². The van der Waals surface area contributed by atoms with Gasteiger partial charge in [0.25, 0.3) is 11.8 Å². The lowest BCUT2D eigenvalue weighted by molar-refractivity contribution is 0.0717. The Balaban J connectivity index is 1.67. The largest absolute Gasteiger partial charge is 0.496 e. The van der Waals surface area contributed by atoms with E-state index in [-0.39, 0.29) is 23.6 Å². The molecule has 0 radical (unpaired) electrons. The number of hydrogen-bond acceptors (Lipinski definition) is 6. The number of carbonyl (C=O) groups is 2. The number of halogens is 1. The fraction of sp³-hybridized carbons (Fsp3) is 0.474. The van der Waals surface area contributed by atoms with Gasteiger partial charge in [0.1, 0.15) is 5.75 Å². The van der Waals surface area contributed by atoms with Gasteiger partial charge in [-0.15, -0.1) is 5.10 Å². The molecule has 9 nitrogen and oxygen atoms in total. The van der Waals surface area contributed by atoms with Crippen LogP contribution in [-0.2, 0) is 11.3 Å². The fourth-order valence-electron chi connectivity index (χ4n) is 3.35. The summed E-state index contributed by atoms with van der Waals surface area (Å²) in [5.41, 5.74) is 0.706. The molecule has 1 aliphatic rings. The Morgan fingerprint density at radius 3 is 2.93 bits per heavy atom. The van der Waals surface area contributed by atoms with Gasteiger partial charge in [0, 0.05) is 25.2 Å². The van der Waals surface area contributed by atoms with Crippen LogP contribution in [0.25, 0.3) is 0 Å². The van der Waals surface area contributed by atoms with Crippen LogP contribution in [-0.4, -0.2) is 71.7 Å². The molecule has 2 heterocycles. The van der Waals surface area contributed by atoms with E-state index >= 15 is 0 Å². The van der Waals surface area contributed by atoms with Crippen molar-refractivity contribution in [3.63, 3.8) is 0 Å². The fourth-order valence-corrected chi connectivity index (χ4v) is 3.52.